The van der Waals surface area contributed by atoms with Crippen LogP contribution in [0.3, 0.4) is 0 Å². The van der Waals surface area contributed by atoms with Crippen LogP contribution in [0.5, 0.6) is 0 Å². The number of hydrogen-bond donors (Lipinski definition) is 1. The Hall–Kier alpha value is -0.790. The number of halogens is 1. The first-order valence-electron chi connectivity index (χ1n) is 4.45. The fourth-order valence-electron chi connectivity index (χ4n) is 1.03. The zero-order chi connectivity index (χ0) is 9.52. The van der Waals surface area contributed by atoms with Gasteiger partial charge in [-0.15, -0.1) is 0 Å². The third-order valence-electron chi connectivity index (χ3n) is 1.76. The van der Waals surface area contributed by atoms with E-state index in [1.54, 1.807) is 0 Å². The lowest BCUT2D eigenvalue weighted by atomic mass is 10.2. The Morgan fingerprint density at radius 3 is 2.54 bits per heavy atom. The zero-order valence-corrected chi connectivity index (χ0v) is 8.30. The summed E-state index contributed by atoms with van der Waals surface area (Å²) >= 11 is 5.75. The first kappa shape index (κ1) is 10.3. The van der Waals surface area contributed by atoms with E-state index in [4.69, 9.17) is 17.3 Å². The molecule has 0 atom stereocenters. The average molecular weight is 196 g/mol. The number of allylic oxidation sites excluding steroid dienone is 1. The number of nitrogens with two attached hydrogens (primary N) is 1. The molecular weight excluding hydrogens is 182 g/mol. The van der Waals surface area contributed by atoms with Crippen molar-refractivity contribution in [3.63, 3.8) is 0 Å². The van der Waals surface area contributed by atoms with Crippen molar-refractivity contribution in [2.24, 2.45) is 5.73 Å². The van der Waals surface area contributed by atoms with Gasteiger partial charge >= 0.3 is 0 Å². The van der Waals surface area contributed by atoms with Gasteiger partial charge in [-0.1, -0.05) is 35.9 Å². The maximum absolute atomic E-state index is 5.75. The summed E-state index contributed by atoms with van der Waals surface area (Å²) in [5.41, 5.74) is 6.56. The molecule has 0 amide bonds. The van der Waals surface area contributed by atoms with Crippen LogP contribution in [0.4, 0.5) is 0 Å². The van der Waals surface area contributed by atoms with Gasteiger partial charge in [0, 0.05) is 5.02 Å². The average Bonchev–Trinajstić information content (AvgIpc) is 2.15. The predicted molar refractivity (Wildman–Crippen MR) is 58.8 cm³/mol. The van der Waals surface area contributed by atoms with Crippen molar-refractivity contribution in [3.8, 4) is 0 Å². The highest BCUT2D eigenvalue weighted by Crippen LogP contribution is 2.10. The highest BCUT2D eigenvalue weighted by molar-refractivity contribution is 6.30. The third-order valence-corrected chi connectivity index (χ3v) is 2.01. The summed E-state index contributed by atoms with van der Waals surface area (Å²) in [6.07, 6.45) is 6.31. The predicted octanol–water partition coefficient (Wildman–Crippen LogP) is 3.09. The molecular formula is C11H14ClN. The molecule has 1 aromatic rings. The van der Waals surface area contributed by atoms with E-state index in [1.807, 2.05) is 24.3 Å². The van der Waals surface area contributed by atoms with Crippen LogP contribution in [0.25, 0.3) is 6.08 Å². The maximum atomic E-state index is 5.75. The molecule has 0 aliphatic carbocycles. The van der Waals surface area contributed by atoms with Gasteiger partial charge in [0.15, 0.2) is 0 Å². The van der Waals surface area contributed by atoms with E-state index in [2.05, 4.69) is 12.2 Å². The first-order valence-corrected chi connectivity index (χ1v) is 4.83. The molecule has 0 aliphatic rings. The second kappa shape index (κ2) is 5.79. The van der Waals surface area contributed by atoms with Crippen LogP contribution in [-0.4, -0.2) is 6.54 Å². The Bertz CT molecular complexity index is 264. The summed E-state index contributed by atoms with van der Waals surface area (Å²) < 4.78 is 0. The van der Waals surface area contributed by atoms with E-state index in [0.717, 1.165) is 24.4 Å². The summed E-state index contributed by atoms with van der Waals surface area (Å²) in [7, 11) is 0. The van der Waals surface area contributed by atoms with Crippen molar-refractivity contribution in [1.29, 1.82) is 0 Å². The molecule has 0 radical (unpaired) electrons. The van der Waals surface area contributed by atoms with E-state index in [0.29, 0.717) is 0 Å². The summed E-state index contributed by atoms with van der Waals surface area (Å²) in [5.74, 6) is 0. The Morgan fingerprint density at radius 1 is 1.23 bits per heavy atom. The van der Waals surface area contributed by atoms with E-state index in [1.165, 1.54) is 5.56 Å². The molecule has 0 heterocycles. The number of rotatable bonds is 4. The van der Waals surface area contributed by atoms with Crippen LogP contribution in [0.15, 0.2) is 30.3 Å². The fraction of sp³-hybridized carbons (Fsp3) is 0.273. The van der Waals surface area contributed by atoms with Crippen LogP contribution in [0.1, 0.15) is 18.4 Å². The Balaban J connectivity index is 2.44. The molecule has 1 nitrogen and oxygen atoms in total. The first-order chi connectivity index (χ1) is 6.33. The maximum Gasteiger partial charge on any atom is 0.0406 e. The second-order valence-corrected chi connectivity index (χ2v) is 3.32. The van der Waals surface area contributed by atoms with E-state index in [-0.39, 0.29) is 0 Å². The summed E-state index contributed by atoms with van der Waals surface area (Å²) in [6, 6.07) is 7.79. The minimum absolute atomic E-state index is 0.755. The Kier molecular flexibility index (Phi) is 4.58. The molecule has 70 valence electrons. The normalized spacial score (nSPS) is 10.9. The van der Waals surface area contributed by atoms with E-state index in [9.17, 15) is 0 Å². The van der Waals surface area contributed by atoms with Crippen molar-refractivity contribution >= 4 is 17.7 Å². The highest BCUT2D eigenvalue weighted by Gasteiger charge is 1.86. The van der Waals surface area contributed by atoms with Crippen LogP contribution >= 0.6 is 11.6 Å². The van der Waals surface area contributed by atoms with Crippen molar-refractivity contribution in [2.45, 2.75) is 12.8 Å². The molecule has 0 bridgehead atoms. The fourth-order valence-corrected chi connectivity index (χ4v) is 1.15. The van der Waals surface area contributed by atoms with Gasteiger partial charge in [0.25, 0.3) is 0 Å². The van der Waals surface area contributed by atoms with Crippen LogP contribution in [-0.2, 0) is 0 Å². The molecule has 0 aliphatic heterocycles. The molecule has 2 heteroatoms. The second-order valence-electron chi connectivity index (χ2n) is 2.88. The van der Waals surface area contributed by atoms with E-state index >= 15 is 0 Å². The topological polar surface area (TPSA) is 26.0 Å². The largest absolute Gasteiger partial charge is 0.330 e. The molecule has 1 rings (SSSR count). The number of hydrogen-bond acceptors (Lipinski definition) is 1. The molecule has 0 spiro atoms. The number of unbranched alkanes of at least 4 members (excludes halogenated alkanes) is 1. The molecule has 0 saturated heterocycles. The monoisotopic (exact) mass is 195 g/mol. The lowest BCUT2D eigenvalue weighted by molar-refractivity contribution is 0.857. The SMILES string of the molecule is NCCCC=Cc1ccc(Cl)cc1. The molecule has 0 aromatic heterocycles. The third kappa shape index (κ3) is 4.11. The van der Waals surface area contributed by atoms with Crippen molar-refractivity contribution in [3.05, 3.63) is 40.9 Å². The highest BCUT2D eigenvalue weighted by atomic mass is 35.5. The summed E-state index contributed by atoms with van der Waals surface area (Å²) in [4.78, 5) is 0. The lowest BCUT2D eigenvalue weighted by Gasteiger charge is -1.93. The van der Waals surface area contributed by atoms with Crippen molar-refractivity contribution < 1.29 is 0 Å². The van der Waals surface area contributed by atoms with E-state index < -0.39 is 0 Å². The lowest BCUT2D eigenvalue weighted by Crippen LogP contribution is -1.96. The van der Waals surface area contributed by atoms with Crippen LogP contribution in [0, 0.1) is 0 Å². The molecule has 0 unspecified atom stereocenters. The standard InChI is InChI=1S/C11H14ClN/c12-11-7-5-10(6-8-11)4-2-1-3-9-13/h2,4-8H,1,3,9,13H2. The van der Waals surface area contributed by atoms with Gasteiger partial charge in [-0.2, -0.15) is 0 Å². The quantitative estimate of drug-likeness (QED) is 0.735. The van der Waals surface area contributed by atoms with Crippen LogP contribution < -0.4 is 5.73 Å². The Morgan fingerprint density at radius 2 is 1.92 bits per heavy atom. The number of benzene rings is 1. The summed E-state index contributed by atoms with van der Waals surface area (Å²) in [5, 5.41) is 0.777. The van der Waals surface area contributed by atoms with Crippen LogP contribution in [0.2, 0.25) is 5.02 Å². The van der Waals surface area contributed by atoms with Gasteiger partial charge in [-0.05, 0) is 37.1 Å². The van der Waals surface area contributed by atoms with Gasteiger partial charge in [0.2, 0.25) is 0 Å². The molecule has 0 saturated carbocycles. The zero-order valence-electron chi connectivity index (χ0n) is 7.54. The van der Waals surface area contributed by atoms with Gasteiger partial charge in [0.05, 0.1) is 0 Å². The molecule has 0 fully saturated rings. The van der Waals surface area contributed by atoms with Gasteiger partial charge in [-0.3, -0.25) is 0 Å². The van der Waals surface area contributed by atoms with Crippen molar-refractivity contribution in [2.75, 3.05) is 6.54 Å². The Labute approximate surface area is 84.2 Å². The molecule has 1 aromatic carbocycles. The smallest absolute Gasteiger partial charge is 0.0406 e. The van der Waals surface area contributed by atoms with Gasteiger partial charge in [-0.25, -0.2) is 0 Å². The molecule has 2 N–H and O–H groups in total. The van der Waals surface area contributed by atoms with Gasteiger partial charge in [0.1, 0.15) is 0 Å². The van der Waals surface area contributed by atoms with Crippen molar-refractivity contribution in [1.82, 2.24) is 0 Å². The minimum Gasteiger partial charge on any atom is -0.330 e. The molecule has 13 heavy (non-hydrogen) atoms. The minimum atomic E-state index is 0.755. The summed E-state index contributed by atoms with van der Waals surface area (Å²) in [6.45, 7) is 0.755. The van der Waals surface area contributed by atoms with Gasteiger partial charge < -0.3 is 5.73 Å².